The van der Waals surface area contributed by atoms with Gasteiger partial charge in [0.05, 0.1) is 5.69 Å². The minimum Gasteiger partial charge on any atom is -0.220 e. The maximum absolute atomic E-state index is 13.4. The first-order valence-corrected chi connectivity index (χ1v) is 8.53. The third kappa shape index (κ3) is 4.13. The summed E-state index contributed by atoms with van der Waals surface area (Å²) in [5, 5.41) is 3.37. The zero-order chi connectivity index (χ0) is 19.0. The highest BCUT2D eigenvalue weighted by molar-refractivity contribution is 7.99. The molecule has 25 heavy (non-hydrogen) atoms. The van der Waals surface area contributed by atoms with Crippen molar-refractivity contribution in [1.82, 2.24) is 14.8 Å². The number of aromatic nitrogens is 3. The summed E-state index contributed by atoms with van der Waals surface area (Å²) in [4.78, 5) is 4.10. The number of rotatable bonds is 5. The predicted octanol–water partition coefficient (Wildman–Crippen LogP) is 5.29. The average molecular weight is 379 g/mol. The van der Waals surface area contributed by atoms with Gasteiger partial charge in [0.1, 0.15) is 6.33 Å². The highest BCUT2D eigenvalue weighted by atomic mass is 32.2. The van der Waals surface area contributed by atoms with E-state index in [1.165, 1.54) is 0 Å². The lowest BCUT2D eigenvalue weighted by Crippen LogP contribution is -2.34. The van der Waals surface area contributed by atoms with Gasteiger partial charge in [0.25, 0.3) is 0 Å². The fourth-order valence-corrected chi connectivity index (χ4v) is 3.12. The summed E-state index contributed by atoms with van der Waals surface area (Å²) in [6.45, 7) is 7.80. The van der Waals surface area contributed by atoms with Crippen LogP contribution in [-0.4, -0.2) is 26.7 Å². The van der Waals surface area contributed by atoms with E-state index < -0.39 is 17.9 Å². The van der Waals surface area contributed by atoms with Gasteiger partial charge in [0.2, 0.25) is 5.82 Å². The molecule has 1 aromatic heterocycles. The lowest BCUT2D eigenvalue weighted by atomic mass is 10.1. The number of hydrogen-bond donors (Lipinski definition) is 0. The molecule has 0 saturated heterocycles. The normalized spacial score (nSPS) is 12.9. The van der Waals surface area contributed by atoms with Gasteiger partial charge in [-0.15, -0.1) is 16.9 Å². The Labute approximate surface area is 146 Å². The molecule has 0 aliphatic rings. The average Bonchev–Trinajstić information content (AvgIpc) is 2.95. The molecule has 138 valence electrons. The van der Waals surface area contributed by atoms with E-state index in [1.807, 2.05) is 13.0 Å². The smallest absolute Gasteiger partial charge is 0.220 e. The van der Waals surface area contributed by atoms with Gasteiger partial charge in [-0.2, -0.15) is 22.0 Å². The van der Waals surface area contributed by atoms with Crippen LogP contribution in [0.1, 0.15) is 30.8 Å². The van der Waals surface area contributed by atoms with Crippen LogP contribution in [0.5, 0.6) is 0 Å². The number of halogens is 5. The van der Waals surface area contributed by atoms with E-state index in [9.17, 15) is 22.0 Å². The van der Waals surface area contributed by atoms with E-state index in [0.717, 1.165) is 27.2 Å². The van der Waals surface area contributed by atoms with Crippen molar-refractivity contribution in [3.63, 3.8) is 0 Å². The Bertz CT molecular complexity index is 753. The quantitative estimate of drug-likeness (QED) is 0.523. The van der Waals surface area contributed by atoms with E-state index in [4.69, 9.17) is 0 Å². The predicted molar refractivity (Wildman–Crippen MR) is 86.3 cm³/mol. The van der Waals surface area contributed by atoms with Crippen molar-refractivity contribution in [2.75, 3.05) is 5.75 Å². The fraction of sp³-hybridized carbons (Fsp3) is 0.500. The number of alkyl halides is 5. The molecule has 3 nitrogen and oxygen atoms in total. The van der Waals surface area contributed by atoms with Gasteiger partial charge in [-0.05, 0) is 37.0 Å². The van der Waals surface area contributed by atoms with Gasteiger partial charge >= 0.3 is 12.1 Å². The highest BCUT2D eigenvalue weighted by Gasteiger charge is 2.61. The number of nitrogens with zero attached hydrogens (tertiary/aromatic N) is 3. The van der Waals surface area contributed by atoms with Crippen molar-refractivity contribution in [3.8, 4) is 5.69 Å². The third-order valence-corrected chi connectivity index (χ3v) is 5.03. The zero-order valence-electron chi connectivity index (χ0n) is 14.2. The summed E-state index contributed by atoms with van der Waals surface area (Å²) in [6.07, 6.45) is -4.86. The maximum atomic E-state index is 13.4. The summed E-state index contributed by atoms with van der Waals surface area (Å²) in [6, 6.07) is 3.59. The molecule has 0 aliphatic heterocycles. The lowest BCUT2D eigenvalue weighted by molar-refractivity contribution is -0.292. The molecular formula is C16H18F5N3S. The van der Waals surface area contributed by atoms with Crippen molar-refractivity contribution in [1.29, 1.82) is 0 Å². The molecule has 0 atom stereocenters. The Morgan fingerprint density at radius 2 is 1.72 bits per heavy atom. The molecule has 0 saturated carbocycles. The summed E-state index contributed by atoms with van der Waals surface area (Å²) < 4.78 is 65.1. The second kappa shape index (κ2) is 6.93. The summed E-state index contributed by atoms with van der Waals surface area (Å²) in [7, 11) is 0. The second-order valence-corrected chi connectivity index (χ2v) is 7.26. The molecule has 1 heterocycles. The van der Waals surface area contributed by atoms with Crippen LogP contribution in [0.25, 0.3) is 5.69 Å². The molecule has 0 fully saturated rings. The van der Waals surface area contributed by atoms with E-state index in [0.29, 0.717) is 17.2 Å². The molecule has 2 rings (SSSR count). The molecule has 1 aromatic carbocycles. The first-order chi connectivity index (χ1) is 11.4. The van der Waals surface area contributed by atoms with Crippen LogP contribution in [0.2, 0.25) is 0 Å². The molecule has 0 bridgehead atoms. The summed E-state index contributed by atoms with van der Waals surface area (Å²) >= 11 is 1.60. The van der Waals surface area contributed by atoms with Crippen LogP contribution in [0, 0.1) is 19.8 Å². The van der Waals surface area contributed by atoms with Crippen LogP contribution in [0.3, 0.4) is 0 Å². The summed E-state index contributed by atoms with van der Waals surface area (Å²) in [5.41, 5.74) is 2.14. The Balaban J connectivity index is 2.41. The molecule has 0 radical (unpaired) electrons. The maximum Gasteiger partial charge on any atom is 0.461 e. The number of hydrogen-bond acceptors (Lipinski definition) is 3. The van der Waals surface area contributed by atoms with Crippen LogP contribution in [0.15, 0.2) is 23.4 Å². The second-order valence-electron chi connectivity index (χ2n) is 6.19. The minimum atomic E-state index is -5.74. The minimum absolute atomic E-state index is 0.425. The Kier molecular flexibility index (Phi) is 5.46. The van der Waals surface area contributed by atoms with Crippen LogP contribution >= 0.6 is 11.8 Å². The van der Waals surface area contributed by atoms with E-state index in [1.54, 1.807) is 24.8 Å². The van der Waals surface area contributed by atoms with Crippen molar-refractivity contribution < 1.29 is 22.0 Å². The molecule has 0 amide bonds. The standard InChI is InChI=1S/C16H18F5N3S/c1-9(2)7-25-13-6-12(10(3)5-11(13)4)24-8-22-14(23-24)15(17,18)16(19,20)21/h5-6,8-9H,7H2,1-4H3. The topological polar surface area (TPSA) is 30.7 Å². The van der Waals surface area contributed by atoms with Gasteiger partial charge in [-0.3, -0.25) is 0 Å². The van der Waals surface area contributed by atoms with E-state index in [-0.39, 0.29) is 0 Å². The van der Waals surface area contributed by atoms with Gasteiger partial charge in [0, 0.05) is 10.6 Å². The van der Waals surface area contributed by atoms with Crippen molar-refractivity contribution in [2.45, 2.75) is 44.7 Å². The number of thioether (sulfide) groups is 1. The van der Waals surface area contributed by atoms with E-state index >= 15 is 0 Å². The Morgan fingerprint density at radius 1 is 1.08 bits per heavy atom. The van der Waals surface area contributed by atoms with Gasteiger partial charge in [-0.1, -0.05) is 19.9 Å². The van der Waals surface area contributed by atoms with Crippen LogP contribution in [0.4, 0.5) is 22.0 Å². The monoisotopic (exact) mass is 379 g/mol. The van der Waals surface area contributed by atoms with Crippen LogP contribution < -0.4 is 0 Å². The van der Waals surface area contributed by atoms with Crippen molar-refractivity contribution in [3.05, 3.63) is 35.4 Å². The summed E-state index contributed by atoms with van der Waals surface area (Å²) in [5.74, 6) is -5.33. The van der Waals surface area contributed by atoms with Gasteiger partial charge < -0.3 is 0 Å². The van der Waals surface area contributed by atoms with Crippen LogP contribution in [-0.2, 0) is 5.92 Å². The molecule has 0 N–H and O–H groups in total. The largest absolute Gasteiger partial charge is 0.461 e. The Hall–Kier alpha value is -1.64. The molecule has 0 spiro atoms. The van der Waals surface area contributed by atoms with E-state index in [2.05, 4.69) is 23.9 Å². The molecular weight excluding hydrogens is 361 g/mol. The number of aryl methyl sites for hydroxylation is 2. The highest BCUT2D eigenvalue weighted by Crippen LogP contribution is 2.42. The van der Waals surface area contributed by atoms with Crippen molar-refractivity contribution in [2.24, 2.45) is 5.92 Å². The molecule has 2 aromatic rings. The van der Waals surface area contributed by atoms with Gasteiger partial charge in [-0.25, -0.2) is 9.67 Å². The SMILES string of the molecule is Cc1cc(C)c(-n2cnc(C(F)(F)C(F)(F)F)n2)cc1SCC(C)C. The molecule has 9 heteroatoms. The number of benzene rings is 1. The fourth-order valence-electron chi connectivity index (χ4n) is 2.13. The molecule has 0 unspecified atom stereocenters. The lowest BCUT2D eigenvalue weighted by Gasteiger charge is -2.16. The molecule has 0 aliphatic carbocycles. The van der Waals surface area contributed by atoms with Crippen molar-refractivity contribution >= 4 is 11.8 Å². The third-order valence-electron chi connectivity index (χ3n) is 3.44. The first kappa shape index (κ1) is 19.7. The first-order valence-electron chi connectivity index (χ1n) is 7.54. The Morgan fingerprint density at radius 3 is 2.28 bits per heavy atom. The van der Waals surface area contributed by atoms with Gasteiger partial charge in [0.15, 0.2) is 0 Å². The zero-order valence-corrected chi connectivity index (χ0v) is 15.0.